The summed E-state index contributed by atoms with van der Waals surface area (Å²) in [6, 6.07) is 11.6. The van der Waals surface area contributed by atoms with Crippen LogP contribution in [0.15, 0.2) is 36.4 Å². The molecule has 0 bridgehead atoms. The summed E-state index contributed by atoms with van der Waals surface area (Å²) in [5.74, 6) is 0.422. The molecule has 2 aliphatic heterocycles. The lowest BCUT2D eigenvalue weighted by molar-refractivity contribution is -0.152. The molecule has 2 aromatic carbocycles. The maximum atomic E-state index is 13.3. The normalized spacial score (nSPS) is 21.5. The minimum Gasteiger partial charge on any atom is -0.450 e. The second kappa shape index (κ2) is 6.99. The van der Waals surface area contributed by atoms with Crippen LogP contribution in [0.2, 0.25) is 5.02 Å². The Hall–Kier alpha value is -1.78. The Morgan fingerprint density at radius 2 is 1.70 bits per heavy atom. The van der Waals surface area contributed by atoms with Crippen molar-refractivity contribution in [1.29, 1.82) is 0 Å². The number of esters is 1. The molecule has 140 valence electrons. The van der Waals surface area contributed by atoms with E-state index in [1.54, 1.807) is 0 Å². The fraction of sp³-hybridized carbons (Fsp3) is 0.364. The molecular formula is C22H21ClO3S. The van der Waals surface area contributed by atoms with E-state index in [1.165, 1.54) is 0 Å². The number of hydrogen-bond donors (Lipinski definition) is 0. The number of carbonyl (C=O) groups excluding carboxylic acids is 2. The van der Waals surface area contributed by atoms with Crippen molar-refractivity contribution in [2.75, 3.05) is 11.5 Å². The number of ether oxygens (including phenoxy) is 1. The molecule has 2 aliphatic rings. The zero-order valence-corrected chi connectivity index (χ0v) is 17.0. The summed E-state index contributed by atoms with van der Waals surface area (Å²) in [6.45, 7) is 3.99. The van der Waals surface area contributed by atoms with Crippen molar-refractivity contribution in [3.63, 3.8) is 0 Å². The van der Waals surface area contributed by atoms with Crippen LogP contribution in [0.1, 0.15) is 35.4 Å². The van der Waals surface area contributed by atoms with E-state index in [4.69, 9.17) is 16.3 Å². The first-order valence-corrected chi connectivity index (χ1v) is 10.7. The van der Waals surface area contributed by atoms with Gasteiger partial charge in [0.15, 0.2) is 11.4 Å². The Morgan fingerprint density at radius 1 is 1.04 bits per heavy atom. The molecule has 0 amide bonds. The molecule has 1 atom stereocenters. The minimum atomic E-state index is -0.912. The first-order chi connectivity index (χ1) is 12.9. The van der Waals surface area contributed by atoms with E-state index in [9.17, 15) is 9.59 Å². The fourth-order valence-electron chi connectivity index (χ4n) is 4.11. The number of Topliss-reactive ketones (excluding diaryl/α,β-unsaturated/α-hetero) is 1. The van der Waals surface area contributed by atoms with Gasteiger partial charge in [0.2, 0.25) is 0 Å². The van der Waals surface area contributed by atoms with Gasteiger partial charge in [0.05, 0.1) is 0 Å². The number of thioether (sulfide) groups is 1. The molecule has 0 N–H and O–H groups in total. The molecule has 2 fully saturated rings. The highest BCUT2D eigenvalue weighted by molar-refractivity contribution is 7.99. The molecule has 2 aromatic rings. The van der Waals surface area contributed by atoms with E-state index >= 15 is 0 Å². The Bertz CT molecular complexity index is 914. The number of hydrogen-bond acceptors (Lipinski definition) is 4. The van der Waals surface area contributed by atoms with Gasteiger partial charge in [-0.25, -0.2) is 0 Å². The lowest BCUT2D eigenvalue weighted by Crippen LogP contribution is -2.40. The molecule has 1 unspecified atom stereocenters. The summed E-state index contributed by atoms with van der Waals surface area (Å²) in [5, 5.41) is 0.676. The molecule has 0 aliphatic carbocycles. The van der Waals surface area contributed by atoms with Crippen molar-refractivity contribution >= 4 is 35.1 Å². The second-order valence-electron chi connectivity index (χ2n) is 7.36. The second-order valence-corrected chi connectivity index (χ2v) is 9.02. The van der Waals surface area contributed by atoms with Crippen molar-refractivity contribution in [2.24, 2.45) is 0 Å². The van der Waals surface area contributed by atoms with Gasteiger partial charge in [0.25, 0.3) is 0 Å². The quantitative estimate of drug-likeness (QED) is 0.519. The summed E-state index contributed by atoms with van der Waals surface area (Å²) in [4.78, 5) is 26.0. The smallest absolute Gasteiger partial charge is 0.322 e. The van der Waals surface area contributed by atoms with Gasteiger partial charge in [-0.3, -0.25) is 9.59 Å². The molecule has 2 heterocycles. The molecule has 0 saturated carbocycles. The third-order valence-electron chi connectivity index (χ3n) is 5.62. The lowest BCUT2D eigenvalue weighted by atomic mass is 9.81. The Kier molecular flexibility index (Phi) is 4.81. The first kappa shape index (κ1) is 18.6. The summed E-state index contributed by atoms with van der Waals surface area (Å²) in [7, 11) is 0. The number of aryl methyl sites for hydroxylation is 2. The highest BCUT2D eigenvalue weighted by Crippen LogP contribution is 2.44. The van der Waals surface area contributed by atoms with E-state index < -0.39 is 17.5 Å². The van der Waals surface area contributed by atoms with Crippen LogP contribution in [0.5, 0.6) is 0 Å². The Labute approximate surface area is 168 Å². The van der Waals surface area contributed by atoms with Gasteiger partial charge < -0.3 is 4.74 Å². The van der Waals surface area contributed by atoms with Crippen LogP contribution in [0.25, 0.3) is 11.1 Å². The minimum absolute atomic E-state index is 0.0678. The van der Waals surface area contributed by atoms with Crippen molar-refractivity contribution in [3.05, 3.63) is 58.1 Å². The van der Waals surface area contributed by atoms with Gasteiger partial charge in [0, 0.05) is 17.9 Å². The third-order valence-corrected chi connectivity index (χ3v) is 6.86. The molecule has 27 heavy (non-hydrogen) atoms. The number of halogens is 1. The van der Waals surface area contributed by atoms with Crippen LogP contribution < -0.4 is 0 Å². The van der Waals surface area contributed by atoms with Crippen LogP contribution in [0.3, 0.4) is 0 Å². The zero-order chi connectivity index (χ0) is 19.2. The van der Waals surface area contributed by atoms with Crippen LogP contribution in [-0.2, 0) is 14.3 Å². The Morgan fingerprint density at radius 3 is 2.37 bits per heavy atom. The molecular weight excluding hydrogens is 380 g/mol. The summed E-state index contributed by atoms with van der Waals surface area (Å²) in [5.41, 5.74) is 3.92. The third kappa shape index (κ3) is 3.19. The highest BCUT2D eigenvalue weighted by atomic mass is 35.5. The standard InChI is InChI=1S/C22H21ClO3S/c1-13-11-14(2)18(12-17(13)15-3-5-16(23)6-4-15)19-20(24)22(26-21(19)25)7-9-27-10-8-22/h3-6,11-12,19H,7-10H2,1-2H3. The number of rotatable bonds is 2. The number of ketones is 1. The van der Waals surface area contributed by atoms with Gasteiger partial charge in [-0.2, -0.15) is 11.8 Å². The van der Waals surface area contributed by atoms with Gasteiger partial charge in [-0.05, 0) is 71.4 Å². The lowest BCUT2D eigenvalue weighted by Gasteiger charge is -2.29. The van der Waals surface area contributed by atoms with Crippen molar-refractivity contribution in [3.8, 4) is 11.1 Å². The van der Waals surface area contributed by atoms with E-state index in [2.05, 4.69) is 0 Å². The molecule has 1 spiro atoms. The van der Waals surface area contributed by atoms with Crippen molar-refractivity contribution < 1.29 is 14.3 Å². The molecule has 0 radical (unpaired) electrons. The summed E-state index contributed by atoms with van der Waals surface area (Å²) < 4.78 is 5.70. The van der Waals surface area contributed by atoms with Gasteiger partial charge in [-0.1, -0.05) is 29.8 Å². The van der Waals surface area contributed by atoms with E-state index in [-0.39, 0.29) is 5.78 Å². The van der Waals surface area contributed by atoms with Crippen molar-refractivity contribution in [1.82, 2.24) is 0 Å². The SMILES string of the molecule is Cc1cc(C)c(C2C(=O)OC3(CCSCC3)C2=O)cc1-c1ccc(Cl)cc1. The molecule has 3 nitrogen and oxygen atoms in total. The first-order valence-electron chi connectivity index (χ1n) is 9.13. The topological polar surface area (TPSA) is 43.4 Å². The maximum absolute atomic E-state index is 13.3. The number of benzene rings is 2. The van der Waals surface area contributed by atoms with Gasteiger partial charge in [-0.15, -0.1) is 0 Å². The largest absolute Gasteiger partial charge is 0.450 e. The maximum Gasteiger partial charge on any atom is 0.322 e. The highest BCUT2D eigenvalue weighted by Gasteiger charge is 2.56. The average molecular weight is 401 g/mol. The van der Waals surface area contributed by atoms with Crippen LogP contribution in [0, 0.1) is 13.8 Å². The molecule has 4 rings (SSSR count). The van der Waals surface area contributed by atoms with E-state index in [0.717, 1.165) is 39.3 Å². The van der Waals surface area contributed by atoms with Crippen LogP contribution in [0.4, 0.5) is 0 Å². The zero-order valence-electron chi connectivity index (χ0n) is 15.4. The summed E-state index contributed by atoms with van der Waals surface area (Å²) in [6.07, 6.45) is 1.24. The monoisotopic (exact) mass is 400 g/mol. The average Bonchev–Trinajstić information content (AvgIpc) is 2.87. The summed E-state index contributed by atoms with van der Waals surface area (Å²) >= 11 is 7.82. The van der Waals surface area contributed by atoms with Crippen LogP contribution >= 0.6 is 23.4 Å². The fourth-order valence-corrected chi connectivity index (χ4v) is 5.39. The van der Waals surface area contributed by atoms with E-state index in [0.29, 0.717) is 17.9 Å². The van der Waals surface area contributed by atoms with Gasteiger partial charge >= 0.3 is 5.97 Å². The molecule has 5 heteroatoms. The predicted octanol–water partition coefficient (Wildman–Crippen LogP) is 5.10. The Balaban J connectivity index is 1.77. The van der Waals surface area contributed by atoms with Crippen LogP contribution in [-0.4, -0.2) is 28.9 Å². The molecule has 0 aromatic heterocycles. The molecule has 2 saturated heterocycles. The number of carbonyl (C=O) groups is 2. The van der Waals surface area contributed by atoms with Crippen molar-refractivity contribution in [2.45, 2.75) is 38.2 Å². The van der Waals surface area contributed by atoms with Gasteiger partial charge in [0.1, 0.15) is 5.92 Å². The van der Waals surface area contributed by atoms with E-state index in [1.807, 2.05) is 62.0 Å². The predicted molar refractivity (Wildman–Crippen MR) is 109 cm³/mol.